The molecule has 1 aromatic heterocycles. The van der Waals surface area contributed by atoms with Gasteiger partial charge in [0.1, 0.15) is 16.2 Å². The van der Waals surface area contributed by atoms with Crippen LogP contribution in [-0.4, -0.2) is 16.1 Å². The Morgan fingerprint density at radius 1 is 1.67 bits per heavy atom. The van der Waals surface area contributed by atoms with Crippen LogP contribution in [0, 0.1) is 17.2 Å². The number of anilines is 1. The Kier molecular flexibility index (Phi) is 2.73. The van der Waals surface area contributed by atoms with E-state index in [4.69, 9.17) is 5.26 Å². The minimum Gasteiger partial charge on any atom is -0.308 e. The van der Waals surface area contributed by atoms with Gasteiger partial charge in [-0.3, -0.25) is 9.89 Å². The summed E-state index contributed by atoms with van der Waals surface area (Å²) in [6, 6.07) is 1.97. The van der Waals surface area contributed by atoms with Gasteiger partial charge in [-0.15, -0.1) is 0 Å². The van der Waals surface area contributed by atoms with Crippen molar-refractivity contribution in [2.45, 2.75) is 19.3 Å². The van der Waals surface area contributed by atoms with Crippen molar-refractivity contribution in [3.8, 4) is 6.07 Å². The van der Waals surface area contributed by atoms with Gasteiger partial charge in [0, 0.05) is 5.92 Å². The lowest BCUT2D eigenvalue weighted by molar-refractivity contribution is -0.122. The first-order valence-electron chi connectivity index (χ1n) is 4.67. The lowest BCUT2D eigenvalue weighted by atomic mass is 9.85. The minimum absolute atomic E-state index is 0.0447. The van der Waals surface area contributed by atoms with Crippen molar-refractivity contribution in [3.63, 3.8) is 0 Å². The molecule has 2 N–H and O–H groups in total. The number of aromatic amines is 1. The second-order valence-electron chi connectivity index (χ2n) is 3.49. The molecule has 1 fully saturated rings. The number of hydrogen-bond donors (Lipinski definition) is 2. The molecule has 15 heavy (non-hydrogen) atoms. The van der Waals surface area contributed by atoms with Gasteiger partial charge < -0.3 is 5.32 Å². The molecule has 0 saturated heterocycles. The first kappa shape index (κ1) is 10.2. The standard InChI is InChI=1S/C9H9BrN4O/c10-7-6(4-11)8(14-13-7)12-9(15)5-2-1-3-5/h5H,1-3H2,(H2,12,13,14,15). The van der Waals surface area contributed by atoms with Crippen LogP contribution in [-0.2, 0) is 4.79 Å². The van der Waals surface area contributed by atoms with Crippen LogP contribution in [0.4, 0.5) is 5.82 Å². The molecule has 1 heterocycles. The Hall–Kier alpha value is -1.35. The zero-order valence-electron chi connectivity index (χ0n) is 7.88. The molecule has 0 radical (unpaired) electrons. The smallest absolute Gasteiger partial charge is 0.228 e. The van der Waals surface area contributed by atoms with Crippen LogP contribution in [0.2, 0.25) is 0 Å². The number of H-pyrrole nitrogens is 1. The van der Waals surface area contributed by atoms with E-state index in [1.54, 1.807) is 0 Å². The molecule has 1 aliphatic carbocycles. The number of nitriles is 1. The van der Waals surface area contributed by atoms with Crippen molar-refractivity contribution in [1.82, 2.24) is 10.2 Å². The highest BCUT2D eigenvalue weighted by Gasteiger charge is 2.26. The van der Waals surface area contributed by atoms with Crippen LogP contribution in [0.15, 0.2) is 4.60 Å². The number of halogens is 1. The van der Waals surface area contributed by atoms with E-state index in [0.717, 1.165) is 19.3 Å². The number of nitrogens with zero attached hydrogens (tertiary/aromatic N) is 2. The van der Waals surface area contributed by atoms with Crippen LogP contribution >= 0.6 is 15.9 Å². The Morgan fingerprint density at radius 3 is 2.93 bits per heavy atom. The van der Waals surface area contributed by atoms with Crippen molar-refractivity contribution >= 4 is 27.7 Å². The molecule has 1 amide bonds. The predicted molar refractivity (Wildman–Crippen MR) is 57.0 cm³/mol. The molecule has 0 aliphatic heterocycles. The quantitative estimate of drug-likeness (QED) is 0.858. The maximum absolute atomic E-state index is 11.6. The molecule has 0 aromatic carbocycles. The highest BCUT2D eigenvalue weighted by atomic mass is 79.9. The van der Waals surface area contributed by atoms with Crippen molar-refractivity contribution in [3.05, 3.63) is 10.2 Å². The predicted octanol–water partition coefficient (Wildman–Crippen LogP) is 1.78. The molecular weight excluding hydrogens is 260 g/mol. The maximum atomic E-state index is 11.6. The van der Waals surface area contributed by atoms with Crippen molar-refractivity contribution < 1.29 is 4.79 Å². The number of nitrogens with one attached hydrogen (secondary N) is 2. The molecule has 0 atom stereocenters. The van der Waals surface area contributed by atoms with Gasteiger partial charge in [0.25, 0.3) is 0 Å². The first-order chi connectivity index (χ1) is 7.22. The minimum atomic E-state index is -0.0447. The van der Waals surface area contributed by atoms with Gasteiger partial charge in [0.2, 0.25) is 5.91 Å². The zero-order chi connectivity index (χ0) is 10.8. The van der Waals surface area contributed by atoms with E-state index in [2.05, 4.69) is 31.4 Å². The second-order valence-corrected chi connectivity index (χ2v) is 4.28. The molecule has 78 valence electrons. The Morgan fingerprint density at radius 2 is 2.40 bits per heavy atom. The summed E-state index contributed by atoms with van der Waals surface area (Å²) in [7, 11) is 0. The number of amides is 1. The van der Waals surface area contributed by atoms with Gasteiger partial charge in [-0.2, -0.15) is 10.4 Å². The van der Waals surface area contributed by atoms with E-state index >= 15 is 0 Å². The van der Waals surface area contributed by atoms with Gasteiger partial charge in [0.05, 0.1) is 0 Å². The topological polar surface area (TPSA) is 81.6 Å². The third-order valence-corrected chi connectivity index (χ3v) is 3.13. The van der Waals surface area contributed by atoms with Crippen LogP contribution in [0.5, 0.6) is 0 Å². The molecule has 6 heteroatoms. The van der Waals surface area contributed by atoms with Crippen LogP contribution in [0.1, 0.15) is 24.8 Å². The van der Waals surface area contributed by atoms with Crippen molar-refractivity contribution in [2.75, 3.05) is 5.32 Å². The van der Waals surface area contributed by atoms with Crippen LogP contribution in [0.25, 0.3) is 0 Å². The third kappa shape index (κ3) is 1.88. The summed E-state index contributed by atoms with van der Waals surface area (Å²) in [6.07, 6.45) is 2.96. The van der Waals surface area contributed by atoms with E-state index in [-0.39, 0.29) is 11.8 Å². The molecule has 5 nitrogen and oxygen atoms in total. The van der Waals surface area contributed by atoms with Gasteiger partial charge >= 0.3 is 0 Å². The molecule has 0 unspecified atom stereocenters. The van der Waals surface area contributed by atoms with Gasteiger partial charge in [0.15, 0.2) is 5.82 Å². The zero-order valence-corrected chi connectivity index (χ0v) is 9.47. The lowest BCUT2D eigenvalue weighted by Gasteiger charge is -2.23. The van der Waals surface area contributed by atoms with E-state index in [1.807, 2.05) is 6.07 Å². The highest BCUT2D eigenvalue weighted by molar-refractivity contribution is 9.10. The van der Waals surface area contributed by atoms with E-state index in [9.17, 15) is 4.79 Å². The summed E-state index contributed by atoms with van der Waals surface area (Å²) in [5.74, 6) is 0.352. The Balaban J connectivity index is 2.10. The summed E-state index contributed by atoms with van der Waals surface area (Å²) in [6.45, 7) is 0. The summed E-state index contributed by atoms with van der Waals surface area (Å²) in [4.78, 5) is 11.6. The Bertz CT molecular complexity index is 430. The summed E-state index contributed by atoms with van der Waals surface area (Å²) in [5, 5.41) is 17.9. The highest BCUT2D eigenvalue weighted by Crippen LogP contribution is 2.28. The number of carbonyl (C=O) groups excluding carboxylic acids is 1. The van der Waals surface area contributed by atoms with E-state index < -0.39 is 0 Å². The summed E-state index contributed by atoms with van der Waals surface area (Å²) in [5.41, 5.74) is 0.336. The number of aromatic nitrogens is 2. The van der Waals surface area contributed by atoms with Crippen molar-refractivity contribution in [2.24, 2.45) is 5.92 Å². The fourth-order valence-electron chi connectivity index (χ4n) is 1.40. The molecule has 1 saturated carbocycles. The molecule has 0 bridgehead atoms. The fourth-order valence-corrected chi connectivity index (χ4v) is 1.77. The fraction of sp³-hybridized carbons (Fsp3) is 0.444. The monoisotopic (exact) mass is 268 g/mol. The summed E-state index contributed by atoms with van der Waals surface area (Å²) >= 11 is 3.14. The van der Waals surface area contributed by atoms with Crippen LogP contribution in [0.3, 0.4) is 0 Å². The third-order valence-electron chi connectivity index (χ3n) is 2.55. The Labute approximate surface area is 95.0 Å². The maximum Gasteiger partial charge on any atom is 0.228 e. The SMILES string of the molecule is N#Cc1c(NC(=O)C2CCC2)n[nH]c1Br. The number of hydrogen-bond acceptors (Lipinski definition) is 3. The van der Waals surface area contributed by atoms with Gasteiger partial charge in [-0.1, -0.05) is 6.42 Å². The molecule has 2 rings (SSSR count). The molecular formula is C9H9BrN4O. The van der Waals surface area contributed by atoms with Gasteiger partial charge in [-0.05, 0) is 28.8 Å². The van der Waals surface area contributed by atoms with E-state index in [0.29, 0.717) is 16.0 Å². The van der Waals surface area contributed by atoms with Crippen LogP contribution < -0.4 is 5.32 Å². The van der Waals surface area contributed by atoms with E-state index in [1.165, 1.54) is 0 Å². The average molecular weight is 269 g/mol. The summed E-state index contributed by atoms with van der Waals surface area (Å²) < 4.78 is 0.494. The van der Waals surface area contributed by atoms with Crippen molar-refractivity contribution in [1.29, 1.82) is 5.26 Å². The van der Waals surface area contributed by atoms with Gasteiger partial charge in [-0.25, -0.2) is 0 Å². The molecule has 1 aliphatic rings. The number of rotatable bonds is 2. The largest absolute Gasteiger partial charge is 0.308 e. The molecule has 0 spiro atoms. The molecule has 1 aromatic rings. The first-order valence-corrected chi connectivity index (χ1v) is 5.46. The lowest BCUT2D eigenvalue weighted by Crippen LogP contribution is -2.28. The number of carbonyl (C=O) groups is 1. The average Bonchev–Trinajstić information content (AvgIpc) is 2.43. The second kappa shape index (κ2) is 4.03. The normalized spacial score (nSPS) is 15.5.